The van der Waals surface area contributed by atoms with Crippen molar-refractivity contribution in [2.75, 3.05) is 25.0 Å². The van der Waals surface area contributed by atoms with Crippen LogP contribution >= 0.6 is 11.6 Å². The number of aliphatic hydroxyl groups excluding tert-OH is 1. The van der Waals surface area contributed by atoms with Gasteiger partial charge in [0, 0.05) is 13.1 Å². The van der Waals surface area contributed by atoms with E-state index in [1.807, 2.05) is 0 Å². The van der Waals surface area contributed by atoms with Crippen molar-refractivity contribution in [2.24, 2.45) is 0 Å². The Labute approximate surface area is 139 Å². The number of carbonyl (C=O) groups is 1. The number of hydrogen-bond donors (Lipinski definition) is 3. The number of aliphatic hydroxyl groups is 1. The van der Waals surface area contributed by atoms with Gasteiger partial charge in [-0.3, -0.25) is 4.79 Å². The van der Waals surface area contributed by atoms with Gasteiger partial charge in [0.15, 0.2) is 0 Å². The highest BCUT2D eigenvalue weighted by Gasteiger charge is 2.15. The lowest BCUT2D eigenvalue weighted by molar-refractivity contribution is 0.0528. The van der Waals surface area contributed by atoms with E-state index in [-0.39, 0.29) is 18.2 Å². The summed E-state index contributed by atoms with van der Waals surface area (Å²) in [5, 5.41) is 18.4. The third-order valence-electron chi connectivity index (χ3n) is 2.63. The lowest BCUT2D eigenvalue weighted by atomic mass is 10.2. The fourth-order valence-corrected chi connectivity index (χ4v) is 1.87. The summed E-state index contributed by atoms with van der Waals surface area (Å²) in [5.41, 5.74) is -0.569. The van der Waals surface area contributed by atoms with Crippen molar-refractivity contribution in [3.63, 3.8) is 0 Å². The summed E-state index contributed by atoms with van der Waals surface area (Å²) < 4.78 is 6.20. The molecule has 0 bridgehead atoms. The number of hydrogen-bond acceptors (Lipinski definition) is 6. The smallest absolute Gasteiger partial charge is 0.407 e. The molecule has 0 radical (unpaired) electrons. The van der Waals surface area contributed by atoms with Gasteiger partial charge in [-0.1, -0.05) is 11.6 Å². The van der Waals surface area contributed by atoms with Crippen LogP contribution in [-0.2, 0) is 11.3 Å². The molecule has 23 heavy (non-hydrogen) atoms. The first-order chi connectivity index (χ1) is 10.7. The highest BCUT2D eigenvalue weighted by atomic mass is 35.5. The van der Waals surface area contributed by atoms with Crippen LogP contribution in [0, 0.1) is 0 Å². The molecule has 0 atom stereocenters. The second-order valence-corrected chi connectivity index (χ2v) is 6.21. The van der Waals surface area contributed by atoms with E-state index in [0.717, 1.165) is 4.68 Å². The Kier molecular flexibility index (Phi) is 7.31. The van der Waals surface area contributed by atoms with Crippen molar-refractivity contribution < 1.29 is 14.6 Å². The van der Waals surface area contributed by atoms with Gasteiger partial charge in [0.2, 0.25) is 0 Å². The average Bonchev–Trinajstić information content (AvgIpc) is 2.44. The maximum atomic E-state index is 11.8. The van der Waals surface area contributed by atoms with Crippen LogP contribution in [0.15, 0.2) is 11.0 Å². The summed E-state index contributed by atoms with van der Waals surface area (Å²) >= 11 is 5.96. The summed E-state index contributed by atoms with van der Waals surface area (Å²) in [7, 11) is 0. The maximum absolute atomic E-state index is 11.8. The monoisotopic (exact) mass is 346 g/mol. The Hall–Kier alpha value is -1.80. The molecule has 8 nitrogen and oxygen atoms in total. The predicted molar refractivity (Wildman–Crippen MR) is 87.9 cm³/mol. The number of carbonyl (C=O) groups excluding carboxylic acids is 1. The van der Waals surface area contributed by atoms with Crippen molar-refractivity contribution >= 4 is 23.4 Å². The van der Waals surface area contributed by atoms with Gasteiger partial charge in [-0.25, -0.2) is 9.48 Å². The number of amides is 1. The van der Waals surface area contributed by atoms with Crippen LogP contribution in [-0.4, -0.2) is 46.3 Å². The SMILES string of the molecule is CC(C)(C)OC(=O)NCCCNc1cnn(CCO)c(=O)c1Cl. The highest BCUT2D eigenvalue weighted by molar-refractivity contribution is 6.32. The molecule has 0 aliphatic rings. The second kappa shape index (κ2) is 8.73. The third-order valence-corrected chi connectivity index (χ3v) is 3.00. The van der Waals surface area contributed by atoms with Gasteiger partial charge in [-0.15, -0.1) is 0 Å². The molecular formula is C14H23ClN4O4. The van der Waals surface area contributed by atoms with Gasteiger partial charge in [0.1, 0.15) is 10.6 Å². The summed E-state index contributed by atoms with van der Waals surface area (Å²) in [6, 6.07) is 0. The Morgan fingerprint density at radius 3 is 2.74 bits per heavy atom. The molecule has 1 amide bonds. The Bertz CT molecular complexity index is 583. The first kappa shape index (κ1) is 19.2. The number of aromatic nitrogens is 2. The van der Waals surface area contributed by atoms with Gasteiger partial charge in [0.05, 0.1) is 25.0 Å². The summed E-state index contributed by atoms with van der Waals surface area (Å²) in [5.74, 6) is 0. The topological polar surface area (TPSA) is 105 Å². The maximum Gasteiger partial charge on any atom is 0.407 e. The van der Waals surface area contributed by atoms with Crippen molar-refractivity contribution in [2.45, 2.75) is 39.3 Å². The summed E-state index contributed by atoms with van der Waals surface area (Å²) in [4.78, 5) is 23.3. The molecular weight excluding hydrogens is 324 g/mol. The van der Waals surface area contributed by atoms with E-state index < -0.39 is 17.3 Å². The zero-order valence-corrected chi connectivity index (χ0v) is 14.3. The average molecular weight is 347 g/mol. The molecule has 3 N–H and O–H groups in total. The molecule has 0 aromatic carbocycles. The van der Waals surface area contributed by atoms with Crippen LogP contribution in [0.3, 0.4) is 0 Å². The Morgan fingerprint density at radius 2 is 2.13 bits per heavy atom. The molecule has 1 aromatic heterocycles. The number of rotatable bonds is 7. The molecule has 130 valence electrons. The van der Waals surface area contributed by atoms with E-state index in [0.29, 0.717) is 25.2 Å². The van der Waals surface area contributed by atoms with Crippen molar-refractivity contribution in [3.05, 3.63) is 21.6 Å². The minimum absolute atomic E-state index is 0.0218. The van der Waals surface area contributed by atoms with Crippen molar-refractivity contribution in [3.8, 4) is 0 Å². The van der Waals surface area contributed by atoms with Crippen LogP contribution in [0.25, 0.3) is 0 Å². The molecule has 0 saturated heterocycles. The summed E-state index contributed by atoms with van der Waals surface area (Å²) in [6.45, 7) is 6.21. The van der Waals surface area contributed by atoms with Gasteiger partial charge in [-0.05, 0) is 27.2 Å². The Balaban J connectivity index is 2.38. The number of alkyl carbamates (subject to hydrolysis) is 1. The predicted octanol–water partition coefficient (Wildman–Crippen LogP) is 1.22. The molecule has 0 fully saturated rings. The molecule has 0 spiro atoms. The lowest BCUT2D eigenvalue weighted by Crippen LogP contribution is -2.33. The van der Waals surface area contributed by atoms with Gasteiger partial charge in [0.25, 0.3) is 5.56 Å². The third kappa shape index (κ3) is 6.87. The van der Waals surface area contributed by atoms with E-state index in [1.54, 1.807) is 20.8 Å². The van der Waals surface area contributed by atoms with Crippen LogP contribution in [0.5, 0.6) is 0 Å². The number of ether oxygens (including phenoxy) is 1. The van der Waals surface area contributed by atoms with E-state index in [1.165, 1.54) is 6.20 Å². The fourth-order valence-electron chi connectivity index (χ4n) is 1.66. The van der Waals surface area contributed by atoms with Crippen molar-refractivity contribution in [1.82, 2.24) is 15.1 Å². The first-order valence-corrected chi connectivity index (χ1v) is 7.69. The standard InChI is InChI=1S/C14H23ClN4O4/c1-14(2,3)23-13(22)17-6-4-5-16-10-9-18-19(7-8-20)12(21)11(10)15/h9,16,20H,4-8H2,1-3H3,(H,17,22). The minimum Gasteiger partial charge on any atom is -0.444 e. The van der Waals surface area contributed by atoms with Crippen LogP contribution < -0.4 is 16.2 Å². The molecule has 0 unspecified atom stereocenters. The molecule has 9 heteroatoms. The number of halogens is 1. The van der Waals surface area contributed by atoms with Crippen LogP contribution in [0.1, 0.15) is 27.2 Å². The van der Waals surface area contributed by atoms with Crippen LogP contribution in [0.2, 0.25) is 5.02 Å². The van der Waals surface area contributed by atoms with E-state index >= 15 is 0 Å². The van der Waals surface area contributed by atoms with E-state index in [4.69, 9.17) is 21.4 Å². The largest absolute Gasteiger partial charge is 0.444 e. The van der Waals surface area contributed by atoms with Gasteiger partial charge >= 0.3 is 6.09 Å². The quantitative estimate of drug-likeness (QED) is 0.641. The van der Waals surface area contributed by atoms with Crippen LogP contribution in [0.4, 0.5) is 10.5 Å². The summed E-state index contributed by atoms with van der Waals surface area (Å²) in [6.07, 6.45) is 1.58. The van der Waals surface area contributed by atoms with Crippen molar-refractivity contribution in [1.29, 1.82) is 0 Å². The molecule has 0 aliphatic carbocycles. The fraction of sp³-hybridized carbons (Fsp3) is 0.643. The van der Waals surface area contributed by atoms with Gasteiger partial charge < -0.3 is 20.5 Å². The number of nitrogens with one attached hydrogen (secondary N) is 2. The zero-order chi connectivity index (χ0) is 17.5. The molecule has 1 aromatic rings. The highest BCUT2D eigenvalue weighted by Crippen LogP contribution is 2.14. The minimum atomic E-state index is -0.528. The normalized spacial score (nSPS) is 11.2. The zero-order valence-electron chi connectivity index (χ0n) is 13.6. The van der Waals surface area contributed by atoms with E-state index in [9.17, 15) is 9.59 Å². The Morgan fingerprint density at radius 1 is 1.43 bits per heavy atom. The van der Waals surface area contributed by atoms with E-state index in [2.05, 4.69) is 15.7 Å². The molecule has 1 rings (SSSR count). The second-order valence-electron chi connectivity index (χ2n) is 5.83. The number of nitrogens with zero attached hydrogens (tertiary/aromatic N) is 2. The molecule has 0 aliphatic heterocycles. The molecule has 0 saturated carbocycles. The molecule has 1 heterocycles. The number of anilines is 1. The first-order valence-electron chi connectivity index (χ1n) is 7.32. The lowest BCUT2D eigenvalue weighted by Gasteiger charge is -2.19. The van der Waals surface area contributed by atoms with Gasteiger partial charge in [-0.2, -0.15) is 5.10 Å².